The van der Waals surface area contributed by atoms with Gasteiger partial charge in [0.25, 0.3) is 0 Å². The third kappa shape index (κ3) is 7.77. The van der Waals surface area contributed by atoms with Crippen molar-refractivity contribution in [3.63, 3.8) is 0 Å². The molecular weight excluding hydrogens is 543 g/mol. The molecule has 0 amide bonds. The molecule has 2 bridgehead atoms. The Balaban J connectivity index is 1.32. The van der Waals surface area contributed by atoms with Gasteiger partial charge < -0.3 is 23.7 Å². The van der Waals surface area contributed by atoms with Crippen molar-refractivity contribution < 1.29 is 28.1 Å². The molecule has 6 rings (SSSR count). The maximum absolute atomic E-state index is 15.9. The van der Waals surface area contributed by atoms with Crippen LogP contribution in [0.4, 0.5) is 4.39 Å². The highest BCUT2D eigenvalue weighted by atomic mass is 19.1. The van der Waals surface area contributed by atoms with Crippen molar-refractivity contribution in [2.75, 3.05) is 6.61 Å². The van der Waals surface area contributed by atoms with Gasteiger partial charge in [-0.15, -0.1) is 0 Å². The van der Waals surface area contributed by atoms with E-state index >= 15 is 4.39 Å². The SMILES string of the molecule is FC1O[C@@H]2COCc3ccccc3CCCc3ccccc3CO[C@@H]([C@@H]2OCc2ccccc2)[C@H]1OCc1ccccc1. The second-order valence-corrected chi connectivity index (χ2v) is 11.2. The molecule has 6 heteroatoms. The van der Waals surface area contributed by atoms with E-state index in [1.165, 1.54) is 11.1 Å². The molecule has 2 aliphatic rings. The molecule has 0 N–H and O–H groups in total. The molecule has 2 heterocycles. The van der Waals surface area contributed by atoms with E-state index in [-0.39, 0.29) is 13.2 Å². The summed E-state index contributed by atoms with van der Waals surface area (Å²) >= 11 is 0. The van der Waals surface area contributed by atoms with Gasteiger partial charge in [0.1, 0.15) is 24.4 Å². The second kappa shape index (κ2) is 14.9. The number of hydrogen-bond donors (Lipinski definition) is 0. The lowest BCUT2D eigenvalue weighted by Crippen LogP contribution is -2.60. The molecule has 0 spiro atoms. The van der Waals surface area contributed by atoms with Gasteiger partial charge in [-0.25, -0.2) is 4.39 Å². The summed E-state index contributed by atoms with van der Waals surface area (Å²) < 4.78 is 47.5. The minimum Gasteiger partial charge on any atom is -0.374 e. The van der Waals surface area contributed by atoms with E-state index in [4.69, 9.17) is 23.7 Å². The van der Waals surface area contributed by atoms with Crippen LogP contribution in [0.3, 0.4) is 0 Å². The summed E-state index contributed by atoms with van der Waals surface area (Å²) in [7, 11) is 0. The van der Waals surface area contributed by atoms with Crippen molar-refractivity contribution in [2.24, 2.45) is 0 Å². The normalized spacial score (nSPS) is 24.6. The molecule has 43 heavy (non-hydrogen) atoms. The molecule has 224 valence electrons. The summed E-state index contributed by atoms with van der Waals surface area (Å²) in [6, 6.07) is 36.4. The molecule has 4 aromatic carbocycles. The summed E-state index contributed by atoms with van der Waals surface area (Å²) in [4.78, 5) is 0. The maximum Gasteiger partial charge on any atom is 0.228 e. The number of alkyl halides is 1. The highest BCUT2D eigenvalue weighted by molar-refractivity contribution is 5.29. The average Bonchev–Trinajstić information content (AvgIpc) is 3.05. The Hall–Kier alpha value is -3.39. The van der Waals surface area contributed by atoms with Crippen molar-refractivity contribution in [1.82, 2.24) is 0 Å². The van der Waals surface area contributed by atoms with Crippen molar-refractivity contribution in [3.05, 3.63) is 143 Å². The Morgan fingerprint density at radius 3 is 1.72 bits per heavy atom. The van der Waals surface area contributed by atoms with Gasteiger partial charge in [-0.2, -0.15) is 0 Å². The zero-order valence-electron chi connectivity index (χ0n) is 24.4. The van der Waals surface area contributed by atoms with Crippen LogP contribution >= 0.6 is 0 Å². The quantitative estimate of drug-likeness (QED) is 0.242. The molecule has 1 fully saturated rings. The third-order valence-electron chi connectivity index (χ3n) is 8.25. The Labute approximate surface area is 253 Å². The van der Waals surface area contributed by atoms with E-state index in [1.807, 2.05) is 72.8 Å². The number of ether oxygens (including phenoxy) is 5. The molecule has 0 aromatic heterocycles. The second-order valence-electron chi connectivity index (χ2n) is 11.2. The fraction of sp³-hybridized carbons (Fsp3) is 0.351. The number of hydrogen-bond acceptors (Lipinski definition) is 5. The van der Waals surface area contributed by atoms with E-state index in [0.29, 0.717) is 19.8 Å². The summed E-state index contributed by atoms with van der Waals surface area (Å²) in [6.45, 7) is 1.45. The van der Waals surface area contributed by atoms with Gasteiger partial charge in [-0.3, -0.25) is 0 Å². The van der Waals surface area contributed by atoms with Gasteiger partial charge in [0.15, 0.2) is 0 Å². The first-order valence-corrected chi connectivity index (χ1v) is 15.2. The first-order valence-electron chi connectivity index (χ1n) is 15.2. The van der Waals surface area contributed by atoms with Gasteiger partial charge in [0.2, 0.25) is 6.36 Å². The predicted octanol–water partition coefficient (Wildman–Crippen LogP) is 7.14. The smallest absolute Gasteiger partial charge is 0.228 e. The van der Waals surface area contributed by atoms with Gasteiger partial charge in [0, 0.05) is 0 Å². The zero-order chi connectivity index (χ0) is 29.3. The molecule has 5 nitrogen and oxygen atoms in total. The Kier molecular flexibility index (Phi) is 10.3. The number of halogens is 1. The molecule has 4 aromatic rings. The van der Waals surface area contributed by atoms with Crippen LogP contribution in [0.5, 0.6) is 0 Å². The lowest BCUT2D eigenvalue weighted by atomic mass is 9.97. The van der Waals surface area contributed by atoms with Gasteiger partial charge >= 0.3 is 0 Å². The molecule has 0 aliphatic carbocycles. The van der Waals surface area contributed by atoms with Crippen LogP contribution < -0.4 is 0 Å². The zero-order valence-corrected chi connectivity index (χ0v) is 24.4. The van der Waals surface area contributed by atoms with E-state index in [1.54, 1.807) is 0 Å². The van der Waals surface area contributed by atoms with Gasteiger partial charge in [-0.1, -0.05) is 109 Å². The van der Waals surface area contributed by atoms with Crippen molar-refractivity contribution in [2.45, 2.75) is 76.5 Å². The largest absolute Gasteiger partial charge is 0.374 e. The Bertz CT molecular complexity index is 1410. The summed E-state index contributed by atoms with van der Waals surface area (Å²) in [5, 5.41) is 0. The van der Waals surface area contributed by atoms with Crippen molar-refractivity contribution in [1.29, 1.82) is 0 Å². The van der Waals surface area contributed by atoms with Crippen molar-refractivity contribution >= 4 is 0 Å². The topological polar surface area (TPSA) is 46.2 Å². The van der Waals surface area contributed by atoms with Gasteiger partial charge in [-0.05, 0) is 52.6 Å². The molecule has 0 radical (unpaired) electrons. The van der Waals surface area contributed by atoms with Crippen LogP contribution in [0, 0.1) is 0 Å². The average molecular weight is 583 g/mol. The minimum atomic E-state index is -1.71. The molecule has 5 atom stereocenters. The standard InChI is InChI=1S/C37H39FO5/c38-37-36(41-23-28-14-5-2-6-15-28)35-34(40-22-27-12-3-1-4-13-27)33(43-37)26-39-24-31-18-9-7-16-29(31)20-11-21-30-17-8-10-19-32(30)25-42-35/h1-10,12-19,33-37H,11,20-26H2/t33-,34-,35+,36-,37?/m1/s1. The Morgan fingerprint density at radius 1 is 0.605 bits per heavy atom. The van der Waals surface area contributed by atoms with E-state index in [0.717, 1.165) is 41.5 Å². The fourth-order valence-corrected chi connectivity index (χ4v) is 5.92. The highest BCUT2D eigenvalue weighted by Gasteiger charge is 2.49. The van der Waals surface area contributed by atoms with Crippen molar-refractivity contribution in [3.8, 4) is 0 Å². The lowest BCUT2D eigenvalue weighted by Gasteiger charge is -2.43. The monoisotopic (exact) mass is 582 g/mol. The Morgan fingerprint density at radius 2 is 1.12 bits per heavy atom. The van der Waals surface area contributed by atoms with Crippen LogP contribution in [0.1, 0.15) is 39.8 Å². The molecule has 1 saturated heterocycles. The predicted molar refractivity (Wildman–Crippen MR) is 163 cm³/mol. The minimum absolute atomic E-state index is 0.163. The number of fused-ring (bicyclic) bond motifs is 4. The van der Waals surface area contributed by atoms with Crippen LogP contribution in [0.25, 0.3) is 0 Å². The van der Waals surface area contributed by atoms with E-state index in [2.05, 4.69) is 36.4 Å². The van der Waals surface area contributed by atoms with Crippen LogP contribution in [0.2, 0.25) is 0 Å². The lowest BCUT2D eigenvalue weighted by molar-refractivity contribution is -0.298. The highest BCUT2D eigenvalue weighted by Crippen LogP contribution is 2.32. The van der Waals surface area contributed by atoms with E-state index < -0.39 is 30.8 Å². The fourth-order valence-electron chi connectivity index (χ4n) is 5.92. The summed E-state index contributed by atoms with van der Waals surface area (Å²) in [5.41, 5.74) is 6.68. The van der Waals surface area contributed by atoms with E-state index in [9.17, 15) is 0 Å². The molecule has 2 aliphatic heterocycles. The maximum atomic E-state index is 15.9. The molecule has 0 saturated carbocycles. The molecular formula is C37H39FO5. The first kappa shape index (κ1) is 29.7. The van der Waals surface area contributed by atoms with Crippen LogP contribution in [-0.4, -0.2) is 37.4 Å². The van der Waals surface area contributed by atoms with Crippen LogP contribution in [0.15, 0.2) is 109 Å². The third-order valence-corrected chi connectivity index (χ3v) is 8.25. The summed E-state index contributed by atoms with van der Waals surface area (Å²) in [6.07, 6.45) is -1.87. The van der Waals surface area contributed by atoms with Gasteiger partial charge in [0.05, 0.1) is 33.0 Å². The number of benzene rings is 4. The number of rotatable bonds is 6. The summed E-state index contributed by atoms with van der Waals surface area (Å²) in [5.74, 6) is 0. The van der Waals surface area contributed by atoms with Crippen LogP contribution in [-0.2, 0) is 63.0 Å². The molecule has 1 unspecified atom stereocenters. The number of aryl methyl sites for hydroxylation is 2. The first-order chi connectivity index (χ1) is 21.2.